The van der Waals surface area contributed by atoms with Crippen LogP contribution in [0, 0.1) is 0 Å². The predicted octanol–water partition coefficient (Wildman–Crippen LogP) is 2.36. The van der Waals surface area contributed by atoms with Crippen molar-refractivity contribution >= 4 is 21.8 Å². The van der Waals surface area contributed by atoms with Gasteiger partial charge < -0.3 is 4.90 Å². The van der Waals surface area contributed by atoms with Crippen LogP contribution in [0.25, 0.3) is 0 Å². The summed E-state index contributed by atoms with van der Waals surface area (Å²) in [6.45, 7) is 0.699. The normalized spacial score (nSPS) is 14.8. The molecule has 0 spiro atoms. The highest BCUT2D eigenvalue weighted by Crippen LogP contribution is 2.28. The zero-order valence-electron chi connectivity index (χ0n) is 9.10. The molecule has 86 valence electrons. The Hall–Kier alpha value is -0.900. The number of nitrogens with zero attached hydrogens (tertiary/aromatic N) is 2. The van der Waals surface area contributed by atoms with E-state index in [1.807, 2.05) is 23.2 Å². The number of pyridine rings is 1. The maximum atomic E-state index is 11.9. The van der Waals surface area contributed by atoms with Gasteiger partial charge in [0.05, 0.1) is 0 Å². The van der Waals surface area contributed by atoms with Crippen LogP contribution in [-0.2, 0) is 11.3 Å². The Labute approximate surface area is 104 Å². The van der Waals surface area contributed by atoms with Crippen molar-refractivity contribution in [2.75, 3.05) is 5.33 Å². The van der Waals surface area contributed by atoms with Gasteiger partial charge in [-0.25, -0.2) is 0 Å². The van der Waals surface area contributed by atoms with E-state index < -0.39 is 0 Å². The van der Waals surface area contributed by atoms with E-state index in [-0.39, 0.29) is 5.91 Å². The summed E-state index contributed by atoms with van der Waals surface area (Å²) < 4.78 is 0. The Kier molecular flexibility index (Phi) is 3.93. The molecule has 1 amide bonds. The van der Waals surface area contributed by atoms with Crippen molar-refractivity contribution in [2.45, 2.75) is 31.8 Å². The Morgan fingerprint density at radius 3 is 2.94 bits per heavy atom. The minimum atomic E-state index is 0.239. The second kappa shape index (κ2) is 5.43. The van der Waals surface area contributed by atoms with Gasteiger partial charge in [0.25, 0.3) is 0 Å². The molecule has 0 aromatic carbocycles. The second-order valence-electron chi connectivity index (χ2n) is 4.05. The highest BCUT2D eigenvalue weighted by atomic mass is 79.9. The fraction of sp³-hybridized carbons (Fsp3) is 0.500. The van der Waals surface area contributed by atoms with Crippen LogP contribution in [0.4, 0.5) is 0 Å². The summed E-state index contributed by atoms with van der Waals surface area (Å²) in [5.74, 6) is 0.239. The Morgan fingerprint density at radius 2 is 2.38 bits per heavy atom. The highest BCUT2D eigenvalue weighted by Gasteiger charge is 2.31. The lowest BCUT2D eigenvalue weighted by Gasteiger charge is -2.22. The van der Waals surface area contributed by atoms with Crippen LogP contribution >= 0.6 is 15.9 Å². The average molecular weight is 283 g/mol. The van der Waals surface area contributed by atoms with Gasteiger partial charge in [0.1, 0.15) is 0 Å². The number of carbonyl (C=O) groups excluding carboxylic acids is 1. The Balaban J connectivity index is 2.00. The molecule has 0 unspecified atom stereocenters. The van der Waals surface area contributed by atoms with Crippen molar-refractivity contribution < 1.29 is 4.79 Å². The van der Waals surface area contributed by atoms with E-state index in [1.54, 1.807) is 6.20 Å². The van der Waals surface area contributed by atoms with E-state index in [9.17, 15) is 4.79 Å². The molecule has 3 nitrogen and oxygen atoms in total. The first-order chi connectivity index (χ1) is 7.81. The molecule has 1 fully saturated rings. The third-order valence-corrected chi connectivity index (χ3v) is 3.09. The standard InChI is InChI=1S/C12H15BrN2O/c13-6-5-12(16)15(11-3-4-11)9-10-2-1-7-14-8-10/h1-2,7-8,11H,3-6,9H2. The summed E-state index contributed by atoms with van der Waals surface area (Å²) in [6, 6.07) is 4.39. The van der Waals surface area contributed by atoms with E-state index in [0.29, 0.717) is 19.0 Å². The topological polar surface area (TPSA) is 33.2 Å². The zero-order valence-corrected chi connectivity index (χ0v) is 10.7. The van der Waals surface area contributed by atoms with Crippen LogP contribution in [-0.4, -0.2) is 27.2 Å². The maximum Gasteiger partial charge on any atom is 0.223 e. The molecule has 0 radical (unpaired) electrons. The molecule has 1 aliphatic rings. The summed E-state index contributed by atoms with van der Waals surface area (Å²) in [7, 11) is 0. The van der Waals surface area contributed by atoms with Crippen molar-refractivity contribution in [1.29, 1.82) is 0 Å². The number of carbonyl (C=O) groups is 1. The first-order valence-electron chi connectivity index (χ1n) is 5.55. The van der Waals surface area contributed by atoms with Gasteiger partial charge in [-0.05, 0) is 24.5 Å². The van der Waals surface area contributed by atoms with Gasteiger partial charge >= 0.3 is 0 Å². The van der Waals surface area contributed by atoms with Gasteiger partial charge in [-0.2, -0.15) is 0 Å². The third kappa shape index (κ3) is 3.04. The van der Waals surface area contributed by atoms with Crippen LogP contribution in [0.5, 0.6) is 0 Å². The number of alkyl halides is 1. The molecule has 1 aromatic rings. The number of amides is 1. The zero-order chi connectivity index (χ0) is 11.4. The average Bonchev–Trinajstić information content (AvgIpc) is 3.11. The van der Waals surface area contributed by atoms with Crippen LogP contribution in [0.3, 0.4) is 0 Å². The molecule has 0 bridgehead atoms. The van der Waals surface area contributed by atoms with E-state index in [0.717, 1.165) is 23.7 Å². The Morgan fingerprint density at radius 1 is 1.56 bits per heavy atom. The summed E-state index contributed by atoms with van der Waals surface area (Å²) in [6.07, 6.45) is 6.46. The first kappa shape index (κ1) is 11.6. The van der Waals surface area contributed by atoms with Gasteiger partial charge in [0.2, 0.25) is 5.91 Å². The van der Waals surface area contributed by atoms with Crippen LogP contribution in [0.2, 0.25) is 0 Å². The minimum absolute atomic E-state index is 0.239. The SMILES string of the molecule is O=C(CCBr)N(Cc1cccnc1)C1CC1. The minimum Gasteiger partial charge on any atom is -0.335 e. The third-order valence-electron chi connectivity index (χ3n) is 2.69. The fourth-order valence-corrected chi connectivity index (χ4v) is 2.06. The molecule has 1 aromatic heterocycles. The second-order valence-corrected chi connectivity index (χ2v) is 4.85. The van der Waals surface area contributed by atoms with Gasteiger partial charge in [-0.3, -0.25) is 9.78 Å². The van der Waals surface area contributed by atoms with Gasteiger partial charge in [-0.1, -0.05) is 22.0 Å². The highest BCUT2D eigenvalue weighted by molar-refractivity contribution is 9.09. The smallest absolute Gasteiger partial charge is 0.223 e. The molecule has 4 heteroatoms. The molecular formula is C12H15BrN2O. The Bertz CT molecular complexity index is 351. The number of rotatable bonds is 5. The van der Waals surface area contributed by atoms with Crippen molar-refractivity contribution in [3.8, 4) is 0 Å². The van der Waals surface area contributed by atoms with Gasteiger partial charge in [0, 0.05) is 36.7 Å². The predicted molar refractivity (Wildman–Crippen MR) is 66.2 cm³/mol. The number of halogens is 1. The molecule has 1 saturated carbocycles. The van der Waals surface area contributed by atoms with Crippen LogP contribution in [0.1, 0.15) is 24.8 Å². The molecular weight excluding hydrogens is 268 g/mol. The number of hydrogen-bond acceptors (Lipinski definition) is 2. The lowest BCUT2D eigenvalue weighted by Crippen LogP contribution is -2.32. The molecule has 16 heavy (non-hydrogen) atoms. The van der Waals surface area contributed by atoms with E-state index >= 15 is 0 Å². The maximum absolute atomic E-state index is 11.9. The van der Waals surface area contributed by atoms with Gasteiger partial charge in [0.15, 0.2) is 0 Å². The van der Waals surface area contributed by atoms with Gasteiger partial charge in [-0.15, -0.1) is 0 Å². The van der Waals surface area contributed by atoms with Crippen molar-refractivity contribution in [1.82, 2.24) is 9.88 Å². The lowest BCUT2D eigenvalue weighted by atomic mass is 10.2. The van der Waals surface area contributed by atoms with Crippen LogP contribution in [0.15, 0.2) is 24.5 Å². The summed E-state index contributed by atoms with van der Waals surface area (Å²) in [5, 5.41) is 0.738. The summed E-state index contributed by atoms with van der Waals surface area (Å²) in [4.78, 5) is 18.0. The van der Waals surface area contributed by atoms with Crippen LogP contribution < -0.4 is 0 Å². The molecule has 1 aliphatic carbocycles. The number of aromatic nitrogens is 1. The largest absolute Gasteiger partial charge is 0.335 e. The molecule has 0 N–H and O–H groups in total. The molecule has 0 atom stereocenters. The van der Waals surface area contributed by atoms with E-state index in [1.165, 1.54) is 0 Å². The van der Waals surface area contributed by atoms with Crippen molar-refractivity contribution in [3.63, 3.8) is 0 Å². The van der Waals surface area contributed by atoms with E-state index in [4.69, 9.17) is 0 Å². The van der Waals surface area contributed by atoms with Crippen molar-refractivity contribution in [2.24, 2.45) is 0 Å². The number of hydrogen-bond donors (Lipinski definition) is 0. The quantitative estimate of drug-likeness (QED) is 0.777. The van der Waals surface area contributed by atoms with Crippen molar-refractivity contribution in [3.05, 3.63) is 30.1 Å². The summed E-state index contributed by atoms with van der Waals surface area (Å²) in [5.41, 5.74) is 1.11. The summed E-state index contributed by atoms with van der Waals surface area (Å²) >= 11 is 3.31. The monoisotopic (exact) mass is 282 g/mol. The lowest BCUT2D eigenvalue weighted by molar-refractivity contribution is -0.131. The molecule has 2 rings (SSSR count). The molecule has 0 aliphatic heterocycles. The first-order valence-corrected chi connectivity index (χ1v) is 6.67. The molecule has 0 saturated heterocycles. The van der Waals surface area contributed by atoms with E-state index in [2.05, 4.69) is 20.9 Å². The fourth-order valence-electron chi connectivity index (χ4n) is 1.72. The molecule has 1 heterocycles.